The van der Waals surface area contributed by atoms with Crippen molar-refractivity contribution in [3.05, 3.63) is 59.7 Å². The summed E-state index contributed by atoms with van der Waals surface area (Å²) in [6.07, 6.45) is 0. The number of nitrogens with one attached hydrogen (secondary N) is 1. The number of hydrogen-bond donors (Lipinski definition) is 3. The van der Waals surface area contributed by atoms with Crippen LogP contribution in [0.4, 0.5) is 5.69 Å². The fraction of sp³-hybridized carbons (Fsp3) is 0.0625. The second kappa shape index (κ2) is 5.90. The molecular weight excluding hydrogens is 298 g/mol. The third-order valence-electron chi connectivity index (χ3n) is 3.46. The molecule has 0 aliphatic carbocycles. The van der Waals surface area contributed by atoms with Crippen LogP contribution in [-0.2, 0) is 4.79 Å². The van der Waals surface area contributed by atoms with Crippen LogP contribution in [0.25, 0.3) is 0 Å². The number of hydrogen-bond acceptors (Lipinski definition) is 5. The van der Waals surface area contributed by atoms with E-state index in [0.717, 1.165) is 4.90 Å². The second-order valence-corrected chi connectivity index (χ2v) is 4.81. The molecule has 2 amide bonds. The van der Waals surface area contributed by atoms with Crippen LogP contribution in [0.2, 0.25) is 0 Å². The summed E-state index contributed by atoms with van der Waals surface area (Å²) in [5.74, 6) is -1.32. The van der Waals surface area contributed by atoms with Gasteiger partial charge in [0.15, 0.2) is 5.71 Å². The van der Waals surface area contributed by atoms with Gasteiger partial charge in [-0.15, -0.1) is 0 Å². The predicted molar refractivity (Wildman–Crippen MR) is 83.1 cm³/mol. The molecule has 1 aliphatic rings. The number of nitrogens with zero attached hydrogens (tertiary/aromatic N) is 2. The van der Waals surface area contributed by atoms with Crippen molar-refractivity contribution >= 4 is 23.2 Å². The van der Waals surface area contributed by atoms with E-state index in [1.807, 2.05) is 0 Å². The molecular formula is C16H13N3O4. The summed E-state index contributed by atoms with van der Waals surface area (Å²) < 4.78 is 0. The lowest BCUT2D eigenvalue weighted by atomic mass is 10.1. The Kier molecular flexibility index (Phi) is 3.78. The number of para-hydroxylation sites is 2. The zero-order chi connectivity index (χ0) is 16.4. The van der Waals surface area contributed by atoms with E-state index in [0.29, 0.717) is 11.3 Å². The van der Waals surface area contributed by atoms with Gasteiger partial charge in [0.1, 0.15) is 12.5 Å². The number of phenols is 1. The van der Waals surface area contributed by atoms with Crippen LogP contribution in [0.15, 0.2) is 53.6 Å². The second-order valence-electron chi connectivity index (χ2n) is 4.81. The molecule has 2 aromatic rings. The van der Waals surface area contributed by atoms with Gasteiger partial charge >= 0.3 is 0 Å². The number of carbonyl (C=O) groups is 2. The van der Waals surface area contributed by atoms with Crippen LogP contribution < -0.4 is 10.3 Å². The summed E-state index contributed by atoms with van der Waals surface area (Å²) in [7, 11) is 0. The van der Waals surface area contributed by atoms with E-state index in [4.69, 9.17) is 0 Å². The number of benzene rings is 2. The van der Waals surface area contributed by atoms with Gasteiger partial charge in [-0.05, 0) is 18.2 Å². The Balaban J connectivity index is 1.90. The summed E-state index contributed by atoms with van der Waals surface area (Å²) in [6.45, 7) is -0.484. The normalized spacial score (nSPS) is 14.9. The molecule has 7 heteroatoms. The molecule has 1 aliphatic heterocycles. The third-order valence-corrected chi connectivity index (χ3v) is 3.46. The summed E-state index contributed by atoms with van der Waals surface area (Å²) in [5.41, 5.74) is 3.38. The van der Waals surface area contributed by atoms with E-state index in [1.54, 1.807) is 36.4 Å². The summed E-state index contributed by atoms with van der Waals surface area (Å²) in [4.78, 5) is 25.4. The number of aromatic hydroxyl groups is 1. The van der Waals surface area contributed by atoms with Crippen LogP contribution in [0.3, 0.4) is 0 Å². The first kappa shape index (κ1) is 14.7. The van der Waals surface area contributed by atoms with Gasteiger partial charge in [-0.25, -0.2) is 5.43 Å². The fourth-order valence-corrected chi connectivity index (χ4v) is 2.34. The molecule has 0 bridgehead atoms. The van der Waals surface area contributed by atoms with Crippen LogP contribution >= 0.6 is 0 Å². The largest absolute Gasteiger partial charge is 0.507 e. The van der Waals surface area contributed by atoms with Crippen molar-refractivity contribution in [2.45, 2.75) is 0 Å². The quantitative estimate of drug-likeness (QED) is 0.730. The van der Waals surface area contributed by atoms with Crippen molar-refractivity contribution in [3.8, 4) is 5.75 Å². The Bertz CT molecular complexity index is 816. The maximum absolute atomic E-state index is 12.2. The van der Waals surface area contributed by atoms with Gasteiger partial charge in [0, 0.05) is 5.56 Å². The molecule has 0 fully saturated rings. The Morgan fingerprint density at radius 2 is 1.83 bits per heavy atom. The predicted octanol–water partition coefficient (Wildman–Crippen LogP) is 0.823. The number of anilines is 1. The van der Waals surface area contributed by atoms with E-state index in [9.17, 15) is 19.8 Å². The summed E-state index contributed by atoms with van der Waals surface area (Å²) in [6, 6.07) is 12.8. The molecule has 0 radical (unpaired) electrons. The zero-order valence-electron chi connectivity index (χ0n) is 11.9. The lowest BCUT2D eigenvalue weighted by Gasteiger charge is -2.11. The lowest BCUT2D eigenvalue weighted by Crippen LogP contribution is -2.32. The van der Waals surface area contributed by atoms with E-state index >= 15 is 0 Å². The summed E-state index contributed by atoms with van der Waals surface area (Å²) >= 11 is 0. The molecule has 3 rings (SSSR count). The van der Waals surface area contributed by atoms with E-state index in [2.05, 4.69) is 10.5 Å². The molecule has 7 nitrogen and oxygen atoms in total. The first-order chi connectivity index (χ1) is 11.1. The van der Waals surface area contributed by atoms with Gasteiger partial charge in [-0.3, -0.25) is 14.5 Å². The number of aliphatic hydroxyl groups excluding tert-OH is 1. The molecule has 0 spiro atoms. The average molecular weight is 311 g/mol. The van der Waals surface area contributed by atoms with Crippen LogP contribution in [-0.4, -0.2) is 34.5 Å². The van der Waals surface area contributed by atoms with Gasteiger partial charge in [-0.2, -0.15) is 5.10 Å². The minimum absolute atomic E-state index is 0.0263. The molecule has 116 valence electrons. The molecule has 1 heterocycles. The topological polar surface area (TPSA) is 102 Å². The van der Waals surface area contributed by atoms with Gasteiger partial charge in [-0.1, -0.05) is 30.3 Å². The molecule has 2 aromatic carbocycles. The van der Waals surface area contributed by atoms with Crippen molar-refractivity contribution < 1.29 is 19.8 Å². The molecule has 0 unspecified atom stereocenters. The molecule has 0 atom stereocenters. The monoisotopic (exact) mass is 311 g/mol. The van der Waals surface area contributed by atoms with Gasteiger partial charge in [0.2, 0.25) is 0 Å². The van der Waals surface area contributed by atoms with E-state index in [1.165, 1.54) is 12.1 Å². The van der Waals surface area contributed by atoms with Crippen molar-refractivity contribution in [2.75, 3.05) is 11.6 Å². The first-order valence-corrected chi connectivity index (χ1v) is 6.81. The maximum atomic E-state index is 12.2. The fourth-order valence-electron chi connectivity index (χ4n) is 2.34. The van der Waals surface area contributed by atoms with Gasteiger partial charge in [0.25, 0.3) is 11.8 Å². The number of aliphatic hydroxyl groups is 1. The van der Waals surface area contributed by atoms with Crippen LogP contribution in [0, 0.1) is 0 Å². The first-order valence-electron chi connectivity index (χ1n) is 6.81. The number of fused-ring (bicyclic) bond motifs is 1. The number of amides is 2. The zero-order valence-corrected chi connectivity index (χ0v) is 11.9. The van der Waals surface area contributed by atoms with Crippen molar-refractivity contribution in [1.29, 1.82) is 0 Å². The molecule has 0 aromatic heterocycles. The third kappa shape index (κ3) is 2.53. The van der Waals surface area contributed by atoms with Crippen LogP contribution in [0.1, 0.15) is 15.9 Å². The Morgan fingerprint density at radius 1 is 1.13 bits per heavy atom. The summed E-state index contributed by atoms with van der Waals surface area (Å²) in [5, 5.41) is 22.8. The smallest absolute Gasteiger partial charge is 0.281 e. The van der Waals surface area contributed by atoms with Crippen molar-refractivity contribution in [3.63, 3.8) is 0 Å². The highest BCUT2D eigenvalue weighted by molar-refractivity contribution is 6.54. The standard InChI is InChI=1S/C16H13N3O4/c20-9-19-12-7-3-1-5-10(12)14(16(19)23)17-18-15(22)11-6-2-4-8-13(11)21/h1-8,20-21H,9H2,(H,18,22)/b17-14-. The van der Waals surface area contributed by atoms with Crippen molar-refractivity contribution in [1.82, 2.24) is 5.43 Å². The molecule has 0 saturated carbocycles. The number of carbonyl (C=O) groups excluding carboxylic acids is 2. The SMILES string of the molecule is O=C(N/N=C1\C(=O)N(CO)c2ccccc21)c1ccccc1O. The average Bonchev–Trinajstić information content (AvgIpc) is 2.84. The van der Waals surface area contributed by atoms with Gasteiger partial charge < -0.3 is 10.2 Å². The van der Waals surface area contributed by atoms with Gasteiger partial charge in [0.05, 0.1) is 11.3 Å². The lowest BCUT2D eigenvalue weighted by molar-refractivity contribution is -0.112. The highest BCUT2D eigenvalue weighted by Crippen LogP contribution is 2.28. The number of rotatable bonds is 3. The van der Waals surface area contributed by atoms with E-state index in [-0.39, 0.29) is 17.0 Å². The Hall–Kier alpha value is -3.19. The minimum Gasteiger partial charge on any atom is -0.507 e. The Labute approximate surface area is 131 Å². The molecule has 0 saturated heterocycles. The molecule has 3 N–H and O–H groups in total. The highest BCUT2D eigenvalue weighted by Gasteiger charge is 2.33. The number of phenolic OH excluding ortho intramolecular Hbond substituents is 1. The van der Waals surface area contributed by atoms with E-state index < -0.39 is 18.5 Å². The van der Waals surface area contributed by atoms with Crippen LogP contribution in [0.5, 0.6) is 5.75 Å². The highest BCUT2D eigenvalue weighted by atomic mass is 16.3. The van der Waals surface area contributed by atoms with Crippen molar-refractivity contribution in [2.24, 2.45) is 5.10 Å². The number of hydrazone groups is 1. The minimum atomic E-state index is -0.636. The Morgan fingerprint density at radius 3 is 2.57 bits per heavy atom. The molecule has 23 heavy (non-hydrogen) atoms. The maximum Gasteiger partial charge on any atom is 0.281 e.